The average molecular weight is 605 g/mol. The number of aromatic nitrogens is 2. The Hall–Kier alpha value is -3.70. The molecule has 10 nitrogen and oxygen atoms in total. The van der Waals surface area contributed by atoms with Gasteiger partial charge in [0.2, 0.25) is 0 Å². The summed E-state index contributed by atoms with van der Waals surface area (Å²) in [5, 5.41) is 1.68. The predicted octanol–water partition coefficient (Wildman–Crippen LogP) is 7.21. The fourth-order valence-corrected chi connectivity index (χ4v) is 4.67. The quantitative estimate of drug-likeness (QED) is 0.213. The van der Waals surface area contributed by atoms with Gasteiger partial charge in [-0.15, -0.1) is 0 Å². The number of hydrogen-bond donors (Lipinski definition) is 0. The van der Waals surface area contributed by atoms with Crippen molar-refractivity contribution in [2.24, 2.45) is 0 Å². The highest BCUT2D eigenvalue weighted by atomic mass is 35.5. The molecule has 0 spiro atoms. The number of ether oxygens (including phenoxy) is 4. The Morgan fingerprint density at radius 1 is 0.659 bits per heavy atom. The van der Waals surface area contributed by atoms with Gasteiger partial charge in [0.25, 0.3) is 0 Å². The van der Waals surface area contributed by atoms with Crippen LogP contribution in [0.2, 0.25) is 10.0 Å². The third-order valence-corrected chi connectivity index (χ3v) is 6.19. The van der Waals surface area contributed by atoms with Crippen LogP contribution in [0.1, 0.15) is 41.5 Å². The number of benzene rings is 2. The van der Waals surface area contributed by atoms with Crippen LogP contribution in [0.25, 0.3) is 21.8 Å². The second-order valence-corrected chi connectivity index (χ2v) is 11.9. The highest BCUT2D eigenvalue weighted by Gasteiger charge is 2.27. The number of fused-ring (bicyclic) bond motifs is 2. The van der Waals surface area contributed by atoms with Crippen LogP contribution in [0.4, 0.5) is 9.59 Å². The minimum atomic E-state index is -0.783. The van der Waals surface area contributed by atoms with Gasteiger partial charge < -0.3 is 28.3 Å². The molecule has 0 aliphatic rings. The Morgan fingerprint density at radius 3 is 1.34 bits per heavy atom. The lowest BCUT2D eigenvalue weighted by atomic mass is 10.2. The molecular weight excluding hydrogens is 574 g/mol. The lowest BCUT2D eigenvalue weighted by Gasteiger charge is -2.21. The van der Waals surface area contributed by atoms with Crippen LogP contribution in [0, 0.1) is 0 Å². The van der Waals surface area contributed by atoms with E-state index >= 15 is 0 Å². The van der Waals surface area contributed by atoms with Crippen molar-refractivity contribution >= 4 is 64.9 Å². The number of methoxy groups -OCH3 is 2. The van der Waals surface area contributed by atoms with Crippen LogP contribution in [-0.4, -0.2) is 54.4 Å². The first-order valence-corrected chi connectivity index (χ1v) is 13.4. The molecular formula is C28H31BCl2N2O8. The van der Waals surface area contributed by atoms with E-state index in [1.165, 1.54) is 23.4 Å². The molecule has 0 N–H and O–H groups in total. The lowest BCUT2D eigenvalue weighted by Crippen LogP contribution is -2.29. The van der Waals surface area contributed by atoms with Gasteiger partial charge in [0.05, 0.1) is 35.3 Å². The van der Waals surface area contributed by atoms with E-state index in [0.29, 0.717) is 33.3 Å². The molecule has 4 rings (SSSR count). The highest BCUT2D eigenvalue weighted by Crippen LogP contribution is 2.37. The molecule has 0 saturated heterocycles. The second-order valence-electron chi connectivity index (χ2n) is 11.1. The molecule has 0 unspecified atom stereocenters. The van der Waals surface area contributed by atoms with Gasteiger partial charge in [0, 0.05) is 35.0 Å². The first kappa shape index (κ1) is 30.3. The normalized spacial score (nSPS) is 11.9. The third-order valence-electron chi connectivity index (χ3n) is 5.62. The van der Waals surface area contributed by atoms with Crippen LogP contribution in [0.15, 0.2) is 36.4 Å². The zero-order chi connectivity index (χ0) is 30.3. The molecule has 0 aliphatic heterocycles. The van der Waals surface area contributed by atoms with Crippen molar-refractivity contribution in [1.82, 2.24) is 9.13 Å². The van der Waals surface area contributed by atoms with Gasteiger partial charge in [0.15, 0.2) is 11.8 Å². The van der Waals surface area contributed by atoms with E-state index < -0.39 is 31.1 Å². The average Bonchev–Trinajstić information content (AvgIpc) is 3.40. The standard InChI is InChI=1S/C28H31BCl2N2O8/c1-27(2,3)38-25(34)32-21(11-15-9-17(36-7)13-19(30)23(15)32)40-29-41-22-12-16-10-18(37-8)14-20(31)24(16)33(22)26(35)39-28(4,5)6/h9-14,29H,1-8H3. The fraction of sp³-hybridized carbons (Fsp3) is 0.357. The summed E-state index contributed by atoms with van der Waals surface area (Å²) in [5.74, 6) is 1.20. The van der Waals surface area contributed by atoms with Crippen molar-refractivity contribution in [2.75, 3.05) is 14.2 Å². The van der Waals surface area contributed by atoms with E-state index in [0.717, 1.165) is 0 Å². The summed E-state index contributed by atoms with van der Waals surface area (Å²) in [6.45, 7) is 10.5. The summed E-state index contributed by atoms with van der Waals surface area (Å²) >= 11 is 13.0. The van der Waals surface area contributed by atoms with Crippen LogP contribution < -0.4 is 18.8 Å². The van der Waals surface area contributed by atoms with E-state index in [4.69, 9.17) is 51.5 Å². The van der Waals surface area contributed by atoms with E-state index in [-0.39, 0.29) is 21.8 Å². The largest absolute Gasteiger partial charge is 0.578 e. The maximum atomic E-state index is 13.2. The first-order valence-electron chi connectivity index (χ1n) is 12.6. The number of hydrogen-bond acceptors (Lipinski definition) is 8. The highest BCUT2D eigenvalue weighted by molar-refractivity contribution is 6.36. The summed E-state index contributed by atoms with van der Waals surface area (Å²) < 4.78 is 36.1. The van der Waals surface area contributed by atoms with Crippen molar-refractivity contribution in [2.45, 2.75) is 52.7 Å². The fourth-order valence-electron chi connectivity index (χ4n) is 4.07. The molecule has 41 heavy (non-hydrogen) atoms. The molecule has 2 aromatic heterocycles. The van der Waals surface area contributed by atoms with Crippen molar-refractivity contribution < 1.29 is 37.8 Å². The summed E-state index contributed by atoms with van der Waals surface area (Å²) in [7, 11) is 2.63. The molecule has 0 radical (unpaired) electrons. The SMILES string of the molecule is COc1cc(Cl)c2c(c1)cc(OBOc1cc3cc(OC)cc(Cl)c3n1C(=O)OC(C)(C)C)n2C(=O)OC(C)(C)C. The summed E-state index contributed by atoms with van der Waals surface area (Å²) in [6.07, 6.45) is -1.40. The van der Waals surface area contributed by atoms with Crippen LogP contribution in [0.3, 0.4) is 0 Å². The maximum absolute atomic E-state index is 13.2. The van der Waals surface area contributed by atoms with E-state index in [2.05, 4.69) is 0 Å². The predicted molar refractivity (Wildman–Crippen MR) is 159 cm³/mol. The molecule has 218 valence electrons. The smallest absolute Gasteiger partial charge is 0.515 e. The number of carbonyl (C=O) groups is 2. The zero-order valence-corrected chi connectivity index (χ0v) is 25.6. The van der Waals surface area contributed by atoms with Crippen molar-refractivity contribution in [1.29, 1.82) is 0 Å². The monoisotopic (exact) mass is 604 g/mol. The Balaban J connectivity index is 1.72. The Kier molecular flexibility index (Phi) is 8.34. The van der Waals surface area contributed by atoms with Gasteiger partial charge in [0.1, 0.15) is 22.7 Å². The van der Waals surface area contributed by atoms with E-state index in [9.17, 15) is 9.59 Å². The van der Waals surface area contributed by atoms with Crippen LogP contribution in [0.5, 0.6) is 23.3 Å². The van der Waals surface area contributed by atoms with Crippen LogP contribution >= 0.6 is 23.2 Å². The van der Waals surface area contributed by atoms with Crippen molar-refractivity contribution in [3.8, 4) is 23.3 Å². The van der Waals surface area contributed by atoms with E-state index in [1.807, 2.05) is 0 Å². The molecule has 2 aromatic carbocycles. The molecule has 0 amide bonds. The maximum Gasteiger partial charge on any atom is 0.578 e. The Morgan fingerprint density at radius 2 is 1.02 bits per heavy atom. The molecule has 4 aromatic rings. The van der Waals surface area contributed by atoms with Gasteiger partial charge in [-0.05, 0) is 53.7 Å². The molecule has 0 atom stereocenters. The minimum Gasteiger partial charge on any atom is -0.515 e. The zero-order valence-electron chi connectivity index (χ0n) is 24.1. The first-order chi connectivity index (χ1) is 19.1. The summed E-state index contributed by atoms with van der Waals surface area (Å²) in [4.78, 5) is 26.5. The Bertz CT molecular complexity index is 1510. The van der Waals surface area contributed by atoms with Gasteiger partial charge in [-0.2, -0.15) is 0 Å². The second kappa shape index (κ2) is 11.3. The molecule has 0 aliphatic carbocycles. The number of nitrogens with zero attached hydrogens (tertiary/aromatic N) is 2. The topological polar surface area (TPSA) is 99.4 Å². The number of rotatable bonds is 6. The van der Waals surface area contributed by atoms with Crippen LogP contribution in [-0.2, 0) is 9.47 Å². The van der Waals surface area contributed by atoms with Gasteiger partial charge in [-0.1, -0.05) is 23.2 Å². The van der Waals surface area contributed by atoms with Gasteiger partial charge >= 0.3 is 19.9 Å². The Labute approximate surface area is 248 Å². The summed E-state index contributed by atoms with van der Waals surface area (Å²) in [5.41, 5.74) is -0.818. The number of carbonyl (C=O) groups excluding carboxylic acids is 2. The van der Waals surface area contributed by atoms with Gasteiger partial charge in [-0.25, -0.2) is 18.7 Å². The van der Waals surface area contributed by atoms with Gasteiger partial charge in [-0.3, -0.25) is 0 Å². The van der Waals surface area contributed by atoms with Crippen molar-refractivity contribution in [3.63, 3.8) is 0 Å². The molecule has 2 heterocycles. The third kappa shape index (κ3) is 6.63. The van der Waals surface area contributed by atoms with E-state index in [1.54, 1.807) is 77.9 Å². The molecule has 0 saturated carbocycles. The lowest BCUT2D eigenvalue weighted by molar-refractivity contribution is 0.0528. The summed E-state index contributed by atoms with van der Waals surface area (Å²) in [6, 6.07) is 9.83. The minimum absolute atomic E-state index is 0.101. The number of halogens is 2. The molecule has 0 fully saturated rings. The molecule has 0 bridgehead atoms. The van der Waals surface area contributed by atoms with Crippen molar-refractivity contribution in [3.05, 3.63) is 46.4 Å². The molecule has 13 heteroatoms.